The predicted octanol–water partition coefficient (Wildman–Crippen LogP) is 3.37. The monoisotopic (exact) mass is 445 g/mol. The van der Waals surface area contributed by atoms with Crippen molar-refractivity contribution >= 4 is 24.0 Å². The van der Waals surface area contributed by atoms with Gasteiger partial charge in [0.1, 0.15) is 17.8 Å². The molecule has 0 saturated heterocycles. The van der Waals surface area contributed by atoms with Crippen molar-refractivity contribution < 1.29 is 23.8 Å². The molecule has 0 aromatic carbocycles. The third-order valence-corrected chi connectivity index (χ3v) is 4.15. The standard InChI is InChI=1S/C22H31N5O5/c1-9-14-17(20(29)31-10-2)26-27(18(14)13(3)4)15-11-23-21(25-19(15)30-8)24-12-16(28)32-22(5,6)7/h9,11,13H,1,10,12H2,2-8H3,(H,23,24,25). The second-order valence-electron chi connectivity index (χ2n) is 8.17. The lowest BCUT2D eigenvalue weighted by molar-refractivity contribution is -0.152. The summed E-state index contributed by atoms with van der Waals surface area (Å²) in [7, 11) is 1.46. The van der Waals surface area contributed by atoms with Crippen molar-refractivity contribution in [2.24, 2.45) is 0 Å². The summed E-state index contributed by atoms with van der Waals surface area (Å²) < 4.78 is 17.4. The van der Waals surface area contributed by atoms with Gasteiger partial charge in [-0.2, -0.15) is 10.1 Å². The molecule has 10 nitrogen and oxygen atoms in total. The zero-order chi connectivity index (χ0) is 24.1. The molecule has 0 saturated carbocycles. The molecule has 2 aromatic heterocycles. The molecule has 0 radical (unpaired) electrons. The lowest BCUT2D eigenvalue weighted by atomic mass is 10.0. The first-order valence-electron chi connectivity index (χ1n) is 10.3. The normalized spacial score (nSPS) is 11.2. The highest BCUT2D eigenvalue weighted by Crippen LogP contribution is 2.30. The van der Waals surface area contributed by atoms with Crippen molar-refractivity contribution in [3.05, 3.63) is 29.7 Å². The molecule has 0 aliphatic carbocycles. The molecule has 0 fully saturated rings. The van der Waals surface area contributed by atoms with Gasteiger partial charge in [-0.25, -0.2) is 14.5 Å². The van der Waals surface area contributed by atoms with Gasteiger partial charge in [0, 0.05) is 5.56 Å². The molecular weight excluding hydrogens is 414 g/mol. The quantitative estimate of drug-likeness (QED) is 0.580. The Morgan fingerprint density at radius 3 is 2.53 bits per heavy atom. The number of esters is 2. The van der Waals surface area contributed by atoms with Crippen LogP contribution in [0.2, 0.25) is 0 Å². The van der Waals surface area contributed by atoms with Gasteiger partial charge < -0.3 is 19.5 Å². The third-order valence-electron chi connectivity index (χ3n) is 4.15. The van der Waals surface area contributed by atoms with E-state index in [-0.39, 0.29) is 36.6 Å². The number of anilines is 1. The summed E-state index contributed by atoms with van der Waals surface area (Å²) in [6, 6.07) is 0. The van der Waals surface area contributed by atoms with Gasteiger partial charge in [0.05, 0.1) is 25.6 Å². The zero-order valence-corrected chi connectivity index (χ0v) is 19.7. The molecule has 0 unspecified atom stereocenters. The smallest absolute Gasteiger partial charge is 0.359 e. The van der Waals surface area contributed by atoms with Crippen LogP contribution in [0.15, 0.2) is 12.8 Å². The molecule has 2 rings (SSSR count). The van der Waals surface area contributed by atoms with E-state index in [1.807, 2.05) is 13.8 Å². The van der Waals surface area contributed by atoms with Crippen LogP contribution in [0.1, 0.15) is 69.2 Å². The lowest BCUT2D eigenvalue weighted by Gasteiger charge is -2.19. The Hall–Kier alpha value is -3.43. The minimum absolute atomic E-state index is 0.00616. The zero-order valence-electron chi connectivity index (χ0n) is 19.7. The van der Waals surface area contributed by atoms with Gasteiger partial charge in [0.25, 0.3) is 0 Å². The van der Waals surface area contributed by atoms with Gasteiger partial charge in [-0.1, -0.05) is 26.5 Å². The van der Waals surface area contributed by atoms with Crippen LogP contribution in [-0.4, -0.2) is 57.5 Å². The van der Waals surface area contributed by atoms with Crippen molar-refractivity contribution in [1.29, 1.82) is 0 Å². The number of rotatable bonds is 9. The second-order valence-corrected chi connectivity index (χ2v) is 8.17. The van der Waals surface area contributed by atoms with Gasteiger partial charge in [0.2, 0.25) is 11.8 Å². The number of nitrogens with zero attached hydrogens (tertiary/aromatic N) is 4. The van der Waals surface area contributed by atoms with E-state index in [0.717, 1.165) is 5.69 Å². The van der Waals surface area contributed by atoms with Crippen molar-refractivity contribution in [3.63, 3.8) is 0 Å². The molecule has 0 spiro atoms. The Labute approximate surface area is 188 Å². The molecule has 174 valence electrons. The molecule has 0 bridgehead atoms. The Balaban J connectivity index is 2.44. The van der Waals surface area contributed by atoms with Crippen LogP contribution < -0.4 is 10.1 Å². The van der Waals surface area contributed by atoms with E-state index < -0.39 is 17.5 Å². The van der Waals surface area contributed by atoms with Gasteiger partial charge in [-0.05, 0) is 33.6 Å². The lowest BCUT2D eigenvalue weighted by Crippen LogP contribution is -2.28. The first-order valence-corrected chi connectivity index (χ1v) is 10.3. The molecule has 0 aliphatic rings. The number of ether oxygens (including phenoxy) is 3. The number of aromatic nitrogens is 4. The van der Waals surface area contributed by atoms with E-state index in [0.29, 0.717) is 11.3 Å². The Morgan fingerprint density at radius 1 is 1.31 bits per heavy atom. The number of carbonyl (C=O) groups is 2. The summed E-state index contributed by atoms with van der Waals surface area (Å²) in [6.45, 7) is 15.0. The van der Waals surface area contributed by atoms with E-state index in [4.69, 9.17) is 14.2 Å². The molecule has 0 amide bonds. The van der Waals surface area contributed by atoms with E-state index in [2.05, 4.69) is 27.0 Å². The fourth-order valence-corrected chi connectivity index (χ4v) is 3.00. The van der Waals surface area contributed by atoms with Crippen LogP contribution in [0.4, 0.5) is 5.95 Å². The third kappa shape index (κ3) is 5.83. The molecule has 0 atom stereocenters. The summed E-state index contributed by atoms with van der Waals surface area (Å²) in [6.07, 6.45) is 3.08. The second kappa shape index (κ2) is 10.3. The molecule has 2 heterocycles. The number of nitrogens with one attached hydrogen (secondary N) is 1. The fraction of sp³-hybridized carbons (Fsp3) is 0.500. The van der Waals surface area contributed by atoms with Crippen molar-refractivity contribution in [2.75, 3.05) is 25.6 Å². The van der Waals surface area contributed by atoms with Crippen molar-refractivity contribution in [2.45, 2.75) is 53.1 Å². The molecule has 1 N–H and O–H groups in total. The SMILES string of the molecule is C=Cc1c(C(=O)OCC)nn(-c2cnc(NCC(=O)OC(C)(C)C)nc2OC)c1C(C)C. The number of hydrogen-bond acceptors (Lipinski definition) is 9. The van der Waals surface area contributed by atoms with E-state index in [9.17, 15) is 9.59 Å². The van der Waals surface area contributed by atoms with Crippen LogP contribution >= 0.6 is 0 Å². The molecular formula is C22H31N5O5. The summed E-state index contributed by atoms with van der Waals surface area (Å²) in [5.41, 5.74) is 1.30. The van der Waals surface area contributed by atoms with Gasteiger partial charge >= 0.3 is 11.9 Å². The average Bonchev–Trinajstić information content (AvgIpc) is 3.10. The summed E-state index contributed by atoms with van der Waals surface area (Å²) in [4.78, 5) is 33.0. The highest BCUT2D eigenvalue weighted by molar-refractivity contribution is 5.92. The van der Waals surface area contributed by atoms with Crippen LogP contribution in [0, 0.1) is 0 Å². The van der Waals surface area contributed by atoms with E-state index in [1.54, 1.807) is 38.5 Å². The summed E-state index contributed by atoms with van der Waals surface area (Å²) >= 11 is 0. The van der Waals surface area contributed by atoms with Crippen LogP contribution in [0.3, 0.4) is 0 Å². The highest BCUT2D eigenvalue weighted by atomic mass is 16.6. The number of carbonyl (C=O) groups excluding carboxylic acids is 2. The first kappa shape index (κ1) is 24.8. The van der Waals surface area contributed by atoms with Gasteiger partial charge in [-0.3, -0.25) is 4.79 Å². The topological polar surface area (TPSA) is 117 Å². The maximum atomic E-state index is 12.4. The predicted molar refractivity (Wildman–Crippen MR) is 120 cm³/mol. The van der Waals surface area contributed by atoms with E-state index >= 15 is 0 Å². The average molecular weight is 446 g/mol. The van der Waals surface area contributed by atoms with Gasteiger partial charge in [0.15, 0.2) is 5.69 Å². The summed E-state index contributed by atoms with van der Waals surface area (Å²) in [5.74, 6) is -0.591. The minimum atomic E-state index is -0.589. The number of methoxy groups -OCH3 is 1. The Morgan fingerprint density at radius 2 is 2.00 bits per heavy atom. The van der Waals surface area contributed by atoms with Crippen LogP contribution in [-0.2, 0) is 14.3 Å². The minimum Gasteiger partial charge on any atom is -0.479 e. The highest BCUT2D eigenvalue weighted by Gasteiger charge is 2.26. The summed E-state index contributed by atoms with van der Waals surface area (Å²) in [5, 5.41) is 7.28. The maximum Gasteiger partial charge on any atom is 0.359 e. The van der Waals surface area contributed by atoms with E-state index in [1.165, 1.54) is 13.3 Å². The Bertz CT molecular complexity index is 991. The first-order chi connectivity index (χ1) is 15.0. The largest absolute Gasteiger partial charge is 0.479 e. The molecule has 2 aromatic rings. The Kier molecular flexibility index (Phi) is 7.96. The van der Waals surface area contributed by atoms with Crippen molar-refractivity contribution in [3.8, 4) is 11.6 Å². The molecule has 10 heteroatoms. The van der Waals surface area contributed by atoms with Crippen LogP contribution in [0.25, 0.3) is 11.8 Å². The van der Waals surface area contributed by atoms with Crippen LogP contribution in [0.5, 0.6) is 5.88 Å². The van der Waals surface area contributed by atoms with Gasteiger partial charge in [-0.15, -0.1) is 0 Å². The molecule has 0 aliphatic heterocycles. The fourth-order valence-electron chi connectivity index (χ4n) is 3.00. The maximum absolute atomic E-state index is 12.4. The van der Waals surface area contributed by atoms with Crippen molar-refractivity contribution in [1.82, 2.24) is 19.7 Å². The molecule has 32 heavy (non-hydrogen) atoms. The number of hydrogen-bond donors (Lipinski definition) is 1.